The highest BCUT2D eigenvalue weighted by Crippen LogP contribution is 2.36. The van der Waals surface area contributed by atoms with Crippen molar-refractivity contribution in [3.63, 3.8) is 0 Å². The van der Waals surface area contributed by atoms with Gasteiger partial charge in [0, 0.05) is 5.56 Å². The lowest BCUT2D eigenvalue weighted by Gasteiger charge is -2.36. The van der Waals surface area contributed by atoms with Gasteiger partial charge in [-0.2, -0.15) is 0 Å². The molecule has 0 amide bonds. The Bertz CT molecular complexity index is 537. The number of hydrogen-bond acceptors (Lipinski definition) is 3. The molecule has 1 aromatic heterocycles. The van der Waals surface area contributed by atoms with E-state index in [0.29, 0.717) is 11.3 Å². The van der Waals surface area contributed by atoms with Crippen LogP contribution in [0.4, 0.5) is 0 Å². The average molecular weight is 270 g/mol. The molecular formula is C12H22N2O3Si. The van der Waals surface area contributed by atoms with E-state index in [1.54, 1.807) is 6.92 Å². The minimum absolute atomic E-state index is 0.0996. The van der Waals surface area contributed by atoms with E-state index in [4.69, 9.17) is 4.43 Å². The Balaban J connectivity index is 2.95. The number of aromatic amines is 2. The highest BCUT2D eigenvalue weighted by atomic mass is 28.4. The van der Waals surface area contributed by atoms with Gasteiger partial charge in [0.25, 0.3) is 5.56 Å². The van der Waals surface area contributed by atoms with Gasteiger partial charge in [-0.1, -0.05) is 20.8 Å². The molecule has 0 unspecified atom stereocenters. The van der Waals surface area contributed by atoms with Gasteiger partial charge in [-0.25, -0.2) is 4.79 Å². The van der Waals surface area contributed by atoms with E-state index in [2.05, 4.69) is 43.8 Å². The summed E-state index contributed by atoms with van der Waals surface area (Å²) in [6.07, 6.45) is 0. The SMILES string of the molecule is Cc1c(CO[Si](C)(C)C(C)(C)C)[nH]c(=O)[nH]c1=O. The fraction of sp³-hybridized carbons (Fsp3) is 0.667. The monoisotopic (exact) mass is 270 g/mol. The second kappa shape index (κ2) is 4.85. The summed E-state index contributed by atoms with van der Waals surface area (Å²) in [7, 11) is -1.88. The Hall–Kier alpha value is -1.14. The summed E-state index contributed by atoms with van der Waals surface area (Å²) in [4.78, 5) is 27.5. The molecule has 0 fully saturated rings. The quantitative estimate of drug-likeness (QED) is 0.824. The van der Waals surface area contributed by atoms with Crippen LogP contribution in [0.15, 0.2) is 9.59 Å². The zero-order chi connectivity index (χ0) is 14.1. The molecule has 6 heteroatoms. The minimum atomic E-state index is -1.88. The number of hydrogen-bond donors (Lipinski definition) is 2. The molecule has 5 nitrogen and oxygen atoms in total. The topological polar surface area (TPSA) is 75.0 Å². The van der Waals surface area contributed by atoms with Crippen LogP contribution in [0.5, 0.6) is 0 Å². The summed E-state index contributed by atoms with van der Waals surface area (Å²) in [5.74, 6) is 0. The maximum atomic E-state index is 11.5. The molecule has 102 valence electrons. The molecule has 2 N–H and O–H groups in total. The van der Waals surface area contributed by atoms with E-state index in [9.17, 15) is 9.59 Å². The number of rotatable bonds is 3. The molecule has 1 rings (SSSR count). The molecule has 1 heterocycles. The Morgan fingerprint density at radius 2 is 1.72 bits per heavy atom. The standard InChI is InChI=1S/C12H22N2O3Si/c1-8-9(13-11(16)14-10(8)15)7-17-18(5,6)12(2,3)4/h7H2,1-6H3,(H2,13,14,15,16). The van der Waals surface area contributed by atoms with E-state index in [1.165, 1.54) is 0 Å². The molecule has 0 aromatic carbocycles. The Morgan fingerprint density at radius 1 is 1.17 bits per heavy atom. The van der Waals surface area contributed by atoms with Crippen molar-refractivity contribution >= 4 is 8.32 Å². The lowest BCUT2D eigenvalue weighted by molar-refractivity contribution is 0.270. The Labute approximate surface area is 108 Å². The molecule has 18 heavy (non-hydrogen) atoms. The summed E-state index contributed by atoms with van der Waals surface area (Å²) in [5.41, 5.74) is 0.230. The van der Waals surface area contributed by atoms with Crippen LogP contribution in [0, 0.1) is 6.92 Å². The molecule has 0 aliphatic carbocycles. The first kappa shape index (κ1) is 14.9. The summed E-state index contributed by atoms with van der Waals surface area (Å²) < 4.78 is 5.99. The van der Waals surface area contributed by atoms with Crippen molar-refractivity contribution in [2.45, 2.75) is 52.4 Å². The van der Waals surface area contributed by atoms with Gasteiger partial charge in [0.15, 0.2) is 8.32 Å². The van der Waals surface area contributed by atoms with Crippen molar-refractivity contribution in [1.29, 1.82) is 0 Å². The van der Waals surface area contributed by atoms with Gasteiger partial charge in [0.2, 0.25) is 0 Å². The number of nitrogens with one attached hydrogen (secondary N) is 2. The first-order valence-corrected chi connectivity index (χ1v) is 8.91. The van der Waals surface area contributed by atoms with Gasteiger partial charge in [-0.3, -0.25) is 9.78 Å². The highest BCUT2D eigenvalue weighted by Gasteiger charge is 2.37. The lowest BCUT2D eigenvalue weighted by Crippen LogP contribution is -2.41. The lowest BCUT2D eigenvalue weighted by atomic mass is 10.2. The van der Waals surface area contributed by atoms with Crippen LogP contribution < -0.4 is 11.2 Å². The van der Waals surface area contributed by atoms with Crippen molar-refractivity contribution in [3.8, 4) is 0 Å². The predicted octanol–water partition coefficient (Wildman–Crippen LogP) is 1.89. The Kier molecular flexibility index (Phi) is 4.02. The smallest absolute Gasteiger partial charge is 0.325 e. The van der Waals surface area contributed by atoms with E-state index >= 15 is 0 Å². The van der Waals surface area contributed by atoms with Gasteiger partial charge in [-0.05, 0) is 25.1 Å². The minimum Gasteiger partial charge on any atom is -0.411 e. The molecule has 0 saturated carbocycles. The second-order valence-corrected chi connectivity index (χ2v) is 10.9. The third-order valence-electron chi connectivity index (χ3n) is 3.67. The molecule has 0 aliphatic rings. The fourth-order valence-electron chi connectivity index (χ4n) is 1.21. The van der Waals surface area contributed by atoms with Gasteiger partial charge >= 0.3 is 5.69 Å². The zero-order valence-electron chi connectivity index (χ0n) is 11.9. The summed E-state index contributed by atoms with van der Waals surface area (Å²) in [5, 5.41) is 0.0996. The summed E-state index contributed by atoms with van der Waals surface area (Å²) >= 11 is 0. The van der Waals surface area contributed by atoms with Crippen LogP contribution >= 0.6 is 0 Å². The predicted molar refractivity (Wildman–Crippen MR) is 74.4 cm³/mol. The van der Waals surface area contributed by atoms with Crippen LogP contribution in [-0.4, -0.2) is 18.3 Å². The van der Waals surface area contributed by atoms with Crippen LogP contribution in [-0.2, 0) is 11.0 Å². The van der Waals surface area contributed by atoms with E-state index in [1.807, 2.05) is 0 Å². The normalized spacial score (nSPS) is 12.8. The zero-order valence-corrected chi connectivity index (χ0v) is 12.9. The first-order chi connectivity index (χ1) is 8.04. The molecule has 1 aromatic rings. The van der Waals surface area contributed by atoms with Crippen molar-refractivity contribution in [3.05, 3.63) is 32.1 Å². The van der Waals surface area contributed by atoms with Crippen LogP contribution in [0.2, 0.25) is 18.1 Å². The van der Waals surface area contributed by atoms with Crippen LogP contribution in [0.1, 0.15) is 32.0 Å². The van der Waals surface area contributed by atoms with Crippen LogP contribution in [0.25, 0.3) is 0 Å². The molecule has 0 radical (unpaired) electrons. The maximum Gasteiger partial charge on any atom is 0.325 e. The molecule has 0 saturated heterocycles. The second-order valence-electron chi connectivity index (χ2n) is 6.06. The van der Waals surface area contributed by atoms with Crippen LogP contribution in [0.3, 0.4) is 0 Å². The molecule has 0 aliphatic heterocycles. The fourth-order valence-corrected chi connectivity index (χ4v) is 2.15. The summed E-state index contributed by atoms with van der Waals surface area (Å²) in [6, 6.07) is 0. The third-order valence-corrected chi connectivity index (χ3v) is 8.15. The largest absolute Gasteiger partial charge is 0.411 e. The van der Waals surface area contributed by atoms with Gasteiger partial charge in [0.05, 0.1) is 12.3 Å². The van der Waals surface area contributed by atoms with E-state index < -0.39 is 14.0 Å². The molecule has 0 atom stereocenters. The van der Waals surface area contributed by atoms with Gasteiger partial charge < -0.3 is 9.41 Å². The molecule has 0 bridgehead atoms. The Morgan fingerprint density at radius 3 is 2.22 bits per heavy atom. The summed E-state index contributed by atoms with van der Waals surface area (Å²) in [6.45, 7) is 12.7. The van der Waals surface area contributed by atoms with Gasteiger partial charge in [-0.15, -0.1) is 0 Å². The number of H-pyrrole nitrogens is 2. The van der Waals surface area contributed by atoms with Crippen molar-refractivity contribution < 1.29 is 4.43 Å². The number of aromatic nitrogens is 2. The highest BCUT2D eigenvalue weighted by molar-refractivity contribution is 6.74. The van der Waals surface area contributed by atoms with E-state index in [-0.39, 0.29) is 17.2 Å². The first-order valence-electron chi connectivity index (χ1n) is 6.00. The van der Waals surface area contributed by atoms with E-state index in [0.717, 1.165) is 0 Å². The maximum absolute atomic E-state index is 11.5. The molecular weight excluding hydrogens is 248 g/mol. The van der Waals surface area contributed by atoms with Crippen molar-refractivity contribution in [1.82, 2.24) is 9.97 Å². The third kappa shape index (κ3) is 3.20. The van der Waals surface area contributed by atoms with Crippen molar-refractivity contribution in [2.75, 3.05) is 0 Å². The average Bonchev–Trinajstić information content (AvgIpc) is 2.19. The molecule has 0 spiro atoms. The van der Waals surface area contributed by atoms with Crippen molar-refractivity contribution in [2.24, 2.45) is 0 Å². The van der Waals surface area contributed by atoms with Gasteiger partial charge in [0.1, 0.15) is 0 Å².